The fourth-order valence-corrected chi connectivity index (χ4v) is 5.94. The van der Waals surface area contributed by atoms with E-state index in [1.165, 1.54) is 16.7 Å². The first-order chi connectivity index (χ1) is 15.1. The van der Waals surface area contributed by atoms with Crippen LogP contribution in [0.4, 0.5) is 0 Å². The largest absolute Gasteiger partial charge is 0.481 e. The number of aryl methyl sites for hydroxylation is 1. The molecule has 0 radical (unpaired) electrons. The molecule has 0 aromatic heterocycles. The van der Waals surface area contributed by atoms with Gasteiger partial charge in [-0.3, -0.25) is 4.79 Å². The summed E-state index contributed by atoms with van der Waals surface area (Å²) in [6, 6.07) is 16.3. The molecule has 0 spiro atoms. The number of hydrogen-bond acceptors (Lipinski definition) is 3. The zero-order chi connectivity index (χ0) is 23.5. The Morgan fingerprint density at radius 2 is 1.78 bits per heavy atom. The molecule has 4 N–H and O–H groups in total. The van der Waals surface area contributed by atoms with Gasteiger partial charge in [0.15, 0.2) is 0 Å². The van der Waals surface area contributed by atoms with Gasteiger partial charge in [-0.2, -0.15) is 0 Å². The number of carboxylic acid groups (broad SMARTS) is 1. The summed E-state index contributed by atoms with van der Waals surface area (Å²) in [4.78, 5) is 11.9. The van der Waals surface area contributed by atoms with Crippen LogP contribution in [0.25, 0.3) is 0 Å². The lowest BCUT2D eigenvalue weighted by Gasteiger charge is -2.53. The minimum Gasteiger partial charge on any atom is -0.481 e. The fraction of sp³-hybridized carbons (Fsp3) is 0.536. The van der Waals surface area contributed by atoms with Crippen molar-refractivity contribution >= 4 is 5.97 Å². The first kappa shape index (κ1) is 24.5. The molecular formula is C28H39NO3. The second-order valence-corrected chi connectivity index (χ2v) is 10.3. The number of aliphatic carboxylic acids is 1. The Morgan fingerprint density at radius 1 is 1.09 bits per heavy atom. The van der Waals surface area contributed by atoms with E-state index >= 15 is 0 Å². The highest BCUT2D eigenvalue weighted by molar-refractivity contribution is 5.75. The van der Waals surface area contributed by atoms with Crippen molar-refractivity contribution in [2.45, 2.75) is 77.2 Å². The van der Waals surface area contributed by atoms with Gasteiger partial charge < -0.3 is 15.9 Å². The third-order valence-electron chi connectivity index (χ3n) is 7.94. The monoisotopic (exact) mass is 437 g/mol. The highest BCUT2D eigenvalue weighted by Gasteiger charge is 2.55. The maximum Gasteiger partial charge on any atom is 0.309 e. The molecule has 0 heterocycles. The minimum absolute atomic E-state index is 0.0223. The summed E-state index contributed by atoms with van der Waals surface area (Å²) < 4.78 is 0. The molecule has 32 heavy (non-hydrogen) atoms. The lowest BCUT2D eigenvalue weighted by Crippen LogP contribution is -2.52. The molecule has 0 aliphatic heterocycles. The fourth-order valence-electron chi connectivity index (χ4n) is 5.94. The zero-order valence-electron chi connectivity index (χ0n) is 20.0. The summed E-state index contributed by atoms with van der Waals surface area (Å²) in [5.74, 6) is 0.195. The molecule has 2 aliphatic rings. The van der Waals surface area contributed by atoms with Crippen LogP contribution in [0.3, 0.4) is 0 Å². The molecule has 2 aromatic carbocycles. The molecule has 4 rings (SSSR count). The lowest BCUT2D eigenvalue weighted by atomic mass is 9.50. The molecule has 4 atom stereocenters. The van der Waals surface area contributed by atoms with E-state index in [-0.39, 0.29) is 17.9 Å². The predicted octanol–water partition coefficient (Wildman–Crippen LogP) is 5.58. The van der Waals surface area contributed by atoms with E-state index in [1.807, 2.05) is 37.3 Å². The van der Waals surface area contributed by atoms with Crippen LogP contribution < -0.4 is 5.73 Å². The Bertz CT molecular complexity index is 926. The van der Waals surface area contributed by atoms with E-state index in [1.54, 1.807) is 0 Å². The van der Waals surface area contributed by atoms with Crippen LogP contribution in [0.5, 0.6) is 0 Å². The molecular weight excluding hydrogens is 398 g/mol. The second-order valence-electron chi connectivity index (χ2n) is 10.3. The van der Waals surface area contributed by atoms with Crippen molar-refractivity contribution in [2.24, 2.45) is 17.1 Å². The first-order valence-electron chi connectivity index (χ1n) is 11.9. The van der Waals surface area contributed by atoms with E-state index in [9.17, 15) is 15.0 Å². The highest BCUT2D eigenvalue weighted by atomic mass is 16.4. The standard InChI is InChI=1S/C20H28O2.C8H11NO/c1-13(2)14-6-8-16-15(12-14)7-9-17-19(16,3)10-5-11-20(17,4)18(21)22;9-6-8(10)7-4-2-1-3-5-7/h6,8,12-13,17H,5,7,9-11H2,1-4H3,(H,21,22);1-5,8,10H,6,9H2/t17-,19-,20-;8-/m10/s1. The number of aliphatic hydroxyl groups excluding tert-OH is 1. The molecule has 174 valence electrons. The first-order valence-corrected chi connectivity index (χ1v) is 11.9. The highest BCUT2D eigenvalue weighted by Crippen LogP contribution is 2.57. The molecule has 0 saturated heterocycles. The Hall–Kier alpha value is -2.17. The third kappa shape index (κ3) is 4.62. The van der Waals surface area contributed by atoms with Gasteiger partial charge in [-0.15, -0.1) is 0 Å². The quantitative estimate of drug-likeness (QED) is 0.583. The number of hydrogen-bond donors (Lipinski definition) is 3. The maximum absolute atomic E-state index is 11.9. The predicted molar refractivity (Wildman–Crippen MR) is 130 cm³/mol. The summed E-state index contributed by atoms with van der Waals surface area (Å²) in [6.45, 7) is 9.04. The van der Waals surface area contributed by atoms with Crippen molar-refractivity contribution in [1.82, 2.24) is 0 Å². The van der Waals surface area contributed by atoms with E-state index in [4.69, 9.17) is 5.73 Å². The van der Waals surface area contributed by atoms with Crippen LogP contribution in [0.15, 0.2) is 48.5 Å². The van der Waals surface area contributed by atoms with Gasteiger partial charge >= 0.3 is 5.97 Å². The van der Waals surface area contributed by atoms with Crippen molar-refractivity contribution < 1.29 is 15.0 Å². The summed E-state index contributed by atoms with van der Waals surface area (Å²) in [5.41, 5.74) is 9.86. The second kappa shape index (κ2) is 9.76. The third-order valence-corrected chi connectivity index (χ3v) is 7.94. The molecule has 4 nitrogen and oxygen atoms in total. The minimum atomic E-state index is -0.606. The topological polar surface area (TPSA) is 83.5 Å². The molecule has 2 aliphatic carbocycles. The molecule has 0 amide bonds. The van der Waals surface area contributed by atoms with E-state index in [0.29, 0.717) is 5.92 Å². The Balaban J connectivity index is 0.000000243. The number of carboxylic acids is 1. The smallest absolute Gasteiger partial charge is 0.309 e. The van der Waals surface area contributed by atoms with Crippen molar-refractivity contribution in [3.63, 3.8) is 0 Å². The number of carbonyl (C=O) groups is 1. The molecule has 0 unspecified atom stereocenters. The molecule has 1 fully saturated rings. The number of nitrogens with two attached hydrogens (primary N) is 1. The van der Waals surface area contributed by atoms with Crippen LogP contribution in [0.1, 0.15) is 87.7 Å². The van der Waals surface area contributed by atoms with Crippen molar-refractivity contribution in [3.8, 4) is 0 Å². The van der Waals surface area contributed by atoms with Gasteiger partial charge in [0.2, 0.25) is 0 Å². The van der Waals surface area contributed by atoms with E-state index in [2.05, 4.69) is 39.0 Å². The van der Waals surface area contributed by atoms with Gasteiger partial charge in [0.25, 0.3) is 0 Å². The van der Waals surface area contributed by atoms with Crippen molar-refractivity contribution in [3.05, 3.63) is 70.8 Å². The van der Waals surface area contributed by atoms with Crippen molar-refractivity contribution in [1.29, 1.82) is 0 Å². The van der Waals surface area contributed by atoms with Crippen LogP contribution in [0, 0.1) is 11.3 Å². The molecule has 2 aromatic rings. The Labute approximate surface area is 192 Å². The van der Waals surface area contributed by atoms with Crippen LogP contribution in [0.2, 0.25) is 0 Å². The molecule has 1 saturated carbocycles. The number of fused-ring (bicyclic) bond motifs is 3. The van der Waals surface area contributed by atoms with Gasteiger partial charge in [-0.1, -0.05) is 75.7 Å². The number of benzene rings is 2. The number of aliphatic hydroxyl groups is 1. The average Bonchev–Trinajstić information content (AvgIpc) is 2.79. The average molecular weight is 438 g/mol. The summed E-state index contributed by atoms with van der Waals surface area (Å²) in [5, 5.41) is 19.0. The van der Waals surface area contributed by atoms with Crippen molar-refractivity contribution in [2.75, 3.05) is 6.54 Å². The van der Waals surface area contributed by atoms with Crippen LogP contribution >= 0.6 is 0 Å². The Kier molecular flexibility index (Phi) is 7.46. The van der Waals surface area contributed by atoms with Crippen LogP contribution in [-0.4, -0.2) is 22.7 Å². The molecule has 0 bridgehead atoms. The van der Waals surface area contributed by atoms with E-state index < -0.39 is 17.5 Å². The van der Waals surface area contributed by atoms with Gasteiger partial charge in [-0.25, -0.2) is 0 Å². The SMILES string of the molecule is CC(C)c1ccc2c(c1)CC[C@H]1[C@](C)(C(=O)O)CCC[C@]21C.NC[C@H](O)c1ccccc1. The lowest BCUT2D eigenvalue weighted by molar-refractivity contribution is -0.157. The van der Waals surface area contributed by atoms with Gasteiger partial charge in [0.05, 0.1) is 11.5 Å². The Morgan fingerprint density at radius 3 is 2.38 bits per heavy atom. The van der Waals surface area contributed by atoms with Gasteiger partial charge in [0.1, 0.15) is 0 Å². The van der Waals surface area contributed by atoms with Gasteiger partial charge in [-0.05, 0) is 72.1 Å². The van der Waals surface area contributed by atoms with Gasteiger partial charge in [0, 0.05) is 6.54 Å². The molecule has 4 heteroatoms. The van der Waals surface area contributed by atoms with E-state index in [0.717, 1.165) is 37.7 Å². The normalized spacial score (nSPS) is 27.5. The summed E-state index contributed by atoms with van der Waals surface area (Å²) in [6.07, 6.45) is 4.48. The maximum atomic E-state index is 11.9. The summed E-state index contributed by atoms with van der Waals surface area (Å²) >= 11 is 0. The summed E-state index contributed by atoms with van der Waals surface area (Å²) in [7, 11) is 0. The number of rotatable bonds is 4. The zero-order valence-corrected chi connectivity index (χ0v) is 20.0. The van der Waals surface area contributed by atoms with Crippen LogP contribution in [-0.2, 0) is 16.6 Å².